The van der Waals surface area contributed by atoms with Crippen molar-refractivity contribution in [2.24, 2.45) is 5.92 Å². The molecular formula is C14H21N3O3. The molecule has 6 heteroatoms. The summed E-state index contributed by atoms with van der Waals surface area (Å²) in [5.41, 5.74) is 0.800. The second-order valence-corrected chi connectivity index (χ2v) is 6.51. The molecule has 0 amide bonds. The van der Waals surface area contributed by atoms with Crippen LogP contribution in [-0.2, 0) is 17.8 Å². The Morgan fingerprint density at radius 3 is 2.80 bits per heavy atom. The van der Waals surface area contributed by atoms with Crippen LogP contribution in [0.3, 0.4) is 0 Å². The molecule has 1 aromatic heterocycles. The highest BCUT2D eigenvalue weighted by Gasteiger charge is 2.32. The summed E-state index contributed by atoms with van der Waals surface area (Å²) in [6.45, 7) is 7.29. The quantitative estimate of drug-likeness (QED) is 0.848. The van der Waals surface area contributed by atoms with Crippen LogP contribution in [0.4, 0.5) is 0 Å². The van der Waals surface area contributed by atoms with E-state index in [1.165, 1.54) is 0 Å². The summed E-state index contributed by atoms with van der Waals surface area (Å²) in [7, 11) is 0. The monoisotopic (exact) mass is 279 g/mol. The fraction of sp³-hybridized carbons (Fsp3) is 0.714. The van der Waals surface area contributed by atoms with Gasteiger partial charge in [0.2, 0.25) is 0 Å². The number of ether oxygens (including phenoxy) is 1. The standard InChI is InChI=1S/C14H21N3O3/c1-14(2)5-9(8-20-14)3-4-17-6-10-11(7-17)15-13(19)16-12(10)18/h9H,3-8H2,1-2H3,(H2,15,16,18,19). The van der Waals surface area contributed by atoms with Gasteiger partial charge < -0.3 is 9.72 Å². The van der Waals surface area contributed by atoms with Crippen LogP contribution in [0.2, 0.25) is 0 Å². The van der Waals surface area contributed by atoms with Gasteiger partial charge in [0.05, 0.1) is 17.8 Å². The van der Waals surface area contributed by atoms with Gasteiger partial charge in [0.25, 0.3) is 5.56 Å². The number of H-pyrrole nitrogens is 2. The lowest BCUT2D eigenvalue weighted by molar-refractivity contribution is 0.0347. The van der Waals surface area contributed by atoms with Gasteiger partial charge in [-0.25, -0.2) is 4.79 Å². The van der Waals surface area contributed by atoms with Crippen LogP contribution in [0.25, 0.3) is 0 Å². The Hall–Kier alpha value is -1.40. The third-order valence-electron chi connectivity index (χ3n) is 4.24. The summed E-state index contributed by atoms with van der Waals surface area (Å²) in [5.74, 6) is 0.589. The SMILES string of the molecule is CC1(C)CC(CCN2Cc3[nH]c(=O)[nH]c(=O)c3C2)CO1. The number of nitrogens with one attached hydrogen (secondary N) is 2. The van der Waals surface area contributed by atoms with E-state index in [1.807, 2.05) is 0 Å². The van der Waals surface area contributed by atoms with Gasteiger partial charge in [-0.15, -0.1) is 0 Å². The molecule has 0 bridgehead atoms. The first kappa shape index (κ1) is 13.6. The van der Waals surface area contributed by atoms with Crippen molar-refractivity contribution in [1.82, 2.24) is 14.9 Å². The van der Waals surface area contributed by atoms with Crippen molar-refractivity contribution < 1.29 is 4.74 Å². The van der Waals surface area contributed by atoms with E-state index >= 15 is 0 Å². The smallest absolute Gasteiger partial charge is 0.325 e. The highest BCUT2D eigenvalue weighted by molar-refractivity contribution is 5.20. The lowest BCUT2D eigenvalue weighted by Gasteiger charge is -2.18. The van der Waals surface area contributed by atoms with Crippen molar-refractivity contribution in [3.8, 4) is 0 Å². The van der Waals surface area contributed by atoms with E-state index in [-0.39, 0.29) is 11.2 Å². The van der Waals surface area contributed by atoms with Crippen molar-refractivity contribution in [1.29, 1.82) is 0 Å². The third-order valence-corrected chi connectivity index (χ3v) is 4.24. The van der Waals surface area contributed by atoms with Gasteiger partial charge in [-0.1, -0.05) is 0 Å². The van der Waals surface area contributed by atoms with Crippen molar-refractivity contribution in [3.63, 3.8) is 0 Å². The molecule has 1 atom stereocenters. The van der Waals surface area contributed by atoms with Crippen LogP contribution in [0, 0.1) is 5.92 Å². The number of fused-ring (bicyclic) bond motifs is 1. The molecule has 1 aromatic rings. The van der Waals surface area contributed by atoms with E-state index in [2.05, 4.69) is 28.7 Å². The Labute approximate surface area is 117 Å². The molecule has 6 nitrogen and oxygen atoms in total. The zero-order valence-electron chi connectivity index (χ0n) is 12.0. The first-order valence-electron chi connectivity index (χ1n) is 7.14. The van der Waals surface area contributed by atoms with E-state index in [0.717, 1.165) is 31.7 Å². The number of hydrogen-bond acceptors (Lipinski definition) is 4. The molecule has 3 rings (SSSR count). The maximum absolute atomic E-state index is 11.7. The van der Waals surface area contributed by atoms with E-state index < -0.39 is 5.69 Å². The average Bonchev–Trinajstić information content (AvgIpc) is 2.90. The summed E-state index contributed by atoms with van der Waals surface area (Å²) >= 11 is 0. The van der Waals surface area contributed by atoms with Gasteiger partial charge in [-0.3, -0.25) is 14.7 Å². The van der Waals surface area contributed by atoms with E-state index in [1.54, 1.807) is 0 Å². The first-order valence-corrected chi connectivity index (χ1v) is 7.14. The van der Waals surface area contributed by atoms with Gasteiger partial charge in [0, 0.05) is 18.8 Å². The maximum Gasteiger partial charge on any atom is 0.325 e. The second kappa shape index (κ2) is 4.86. The lowest BCUT2D eigenvalue weighted by atomic mass is 9.95. The predicted octanol–water partition coefficient (Wildman–Crippen LogP) is 0.584. The van der Waals surface area contributed by atoms with Crippen molar-refractivity contribution in [2.75, 3.05) is 13.2 Å². The highest BCUT2D eigenvalue weighted by atomic mass is 16.5. The lowest BCUT2D eigenvalue weighted by Crippen LogP contribution is -2.26. The molecule has 1 saturated heterocycles. The topological polar surface area (TPSA) is 78.2 Å². The maximum atomic E-state index is 11.7. The summed E-state index contributed by atoms with van der Waals surface area (Å²) < 4.78 is 5.74. The molecule has 0 aliphatic carbocycles. The summed E-state index contributed by atoms with van der Waals surface area (Å²) in [5, 5.41) is 0. The van der Waals surface area contributed by atoms with Crippen molar-refractivity contribution in [2.45, 2.75) is 45.4 Å². The van der Waals surface area contributed by atoms with Crippen molar-refractivity contribution >= 4 is 0 Å². The molecule has 110 valence electrons. The number of aromatic nitrogens is 2. The van der Waals surface area contributed by atoms with Gasteiger partial charge in [0.1, 0.15) is 0 Å². The Kier molecular flexibility index (Phi) is 3.30. The highest BCUT2D eigenvalue weighted by Crippen LogP contribution is 2.31. The first-order chi connectivity index (χ1) is 9.43. The largest absolute Gasteiger partial charge is 0.375 e. The average molecular weight is 279 g/mol. The second-order valence-electron chi connectivity index (χ2n) is 6.51. The number of rotatable bonds is 3. The number of aromatic amines is 2. The van der Waals surface area contributed by atoms with Gasteiger partial charge >= 0.3 is 5.69 Å². The van der Waals surface area contributed by atoms with Crippen LogP contribution in [0.15, 0.2) is 9.59 Å². The molecular weight excluding hydrogens is 258 g/mol. The van der Waals surface area contributed by atoms with Crippen LogP contribution < -0.4 is 11.2 Å². The molecule has 0 radical (unpaired) electrons. The summed E-state index contributed by atoms with van der Waals surface area (Å²) in [6, 6.07) is 0. The zero-order valence-corrected chi connectivity index (χ0v) is 12.0. The van der Waals surface area contributed by atoms with Gasteiger partial charge in [-0.05, 0) is 39.2 Å². The molecule has 1 fully saturated rings. The number of nitrogens with zero attached hydrogens (tertiary/aromatic N) is 1. The predicted molar refractivity (Wildman–Crippen MR) is 74.6 cm³/mol. The van der Waals surface area contributed by atoms with Crippen LogP contribution in [0.1, 0.15) is 37.9 Å². The van der Waals surface area contributed by atoms with E-state index in [4.69, 9.17) is 4.74 Å². The molecule has 2 aliphatic heterocycles. The van der Waals surface area contributed by atoms with E-state index in [0.29, 0.717) is 24.6 Å². The minimum atomic E-state index is -0.415. The number of hydrogen-bond donors (Lipinski definition) is 2. The Morgan fingerprint density at radius 2 is 2.10 bits per heavy atom. The summed E-state index contributed by atoms with van der Waals surface area (Å²) in [6.07, 6.45) is 2.16. The van der Waals surface area contributed by atoms with Crippen molar-refractivity contribution in [3.05, 3.63) is 32.1 Å². The Bertz CT molecular complexity index is 617. The normalized spacial score (nSPS) is 25.0. The molecule has 0 saturated carbocycles. The van der Waals surface area contributed by atoms with Crippen LogP contribution in [0.5, 0.6) is 0 Å². The van der Waals surface area contributed by atoms with Crippen LogP contribution >= 0.6 is 0 Å². The minimum absolute atomic E-state index is 0.00102. The molecule has 3 heterocycles. The van der Waals surface area contributed by atoms with Crippen LogP contribution in [-0.4, -0.2) is 33.6 Å². The molecule has 0 aromatic carbocycles. The fourth-order valence-corrected chi connectivity index (χ4v) is 3.23. The zero-order chi connectivity index (χ0) is 14.3. The van der Waals surface area contributed by atoms with E-state index in [9.17, 15) is 9.59 Å². The van der Waals surface area contributed by atoms with Gasteiger partial charge in [-0.2, -0.15) is 0 Å². The summed E-state index contributed by atoms with van der Waals surface area (Å²) in [4.78, 5) is 30.2. The minimum Gasteiger partial charge on any atom is -0.375 e. The Morgan fingerprint density at radius 1 is 1.30 bits per heavy atom. The van der Waals surface area contributed by atoms with Gasteiger partial charge in [0.15, 0.2) is 0 Å². The Balaban J connectivity index is 1.59. The molecule has 0 spiro atoms. The third kappa shape index (κ3) is 2.71. The fourth-order valence-electron chi connectivity index (χ4n) is 3.23. The molecule has 2 N–H and O–H groups in total. The molecule has 20 heavy (non-hydrogen) atoms. The molecule has 1 unspecified atom stereocenters. The molecule has 2 aliphatic rings.